The average molecular weight is 399 g/mol. The zero-order valence-electron chi connectivity index (χ0n) is 14.9. The van der Waals surface area contributed by atoms with Crippen LogP contribution in [0.1, 0.15) is 24.9 Å². The second-order valence-corrected chi connectivity index (χ2v) is 7.36. The predicted octanol–water partition coefficient (Wildman–Crippen LogP) is 1.70. The number of carboxylic acid groups (broad SMARTS) is 1. The zero-order valence-corrected chi connectivity index (χ0v) is 15.6. The van der Waals surface area contributed by atoms with Crippen molar-refractivity contribution in [2.24, 2.45) is 5.92 Å². The molecule has 0 radical (unpaired) electrons. The standard InChI is InChI=1S/C18H20ClFN2O5/c1-9-7-22(8-14(27-9)18(25)26)17(24)11-6-15(23)21(2)16(11)10-3-4-12(19)13(20)5-10/h3-5,9,11,14,16H,6-8H2,1-2H3,(H,25,26)/t9-,11?,14?,16?/m1/s1. The molecule has 3 unspecified atom stereocenters. The van der Waals surface area contributed by atoms with Crippen LogP contribution < -0.4 is 0 Å². The third kappa shape index (κ3) is 3.77. The van der Waals surface area contributed by atoms with Gasteiger partial charge in [-0.15, -0.1) is 0 Å². The van der Waals surface area contributed by atoms with Crippen LogP contribution in [0.15, 0.2) is 18.2 Å². The summed E-state index contributed by atoms with van der Waals surface area (Å²) < 4.78 is 19.3. The van der Waals surface area contributed by atoms with Crippen LogP contribution in [-0.2, 0) is 19.1 Å². The molecule has 0 aromatic heterocycles. The van der Waals surface area contributed by atoms with Gasteiger partial charge in [-0.2, -0.15) is 0 Å². The lowest BCUT2D eigenvalue weighted by molar-refractivity contribution is -0.168. The van der Waals surface area contributed by atoms with Crippen molar-refractivity contribution in [2.75, 3.05) is 20.1 Å². The molecule has 4 atom stereocenters. The van der Waals surface area contributed by atoms with E-state index in [1.807, 2.05) is 0 Å². The lowest BCUT2D eigenvalue weighted by atomic mass is 9.92. The van der Waals surface area contributed by atoms with Crippen molar-refractivity contribution in [3.63, 3.8) is 0 Å². The summed E-state index contributed by atoms with van der Waals surface area (Å²) in [6, 6.07) is 3.57. The van der Waals surface area contributed by atoms with Crippen molar-refractivity contribution in [3.05, 3.63) is 34.6 Å². The monoisotopic (exact) mass is 398 g/mol. The highest BCUT2D eigenvalue weighted by Gasteiger charge is 2.46. The fraction of sp³-hybridized carbons (Fsp3) is 0.500. The summed E-state index contributed by atoms with van der Waals surface area (Å²) in [5, 5.41) is 9.17. The van der Waals surface area contributed by atoms with Crippen LogP contribution in [0.4, 0.5) is 4.39 Å². The van der Waals surface area contributed by atoms with E-state index in [2.05, 4.69) is 0 Å². The number of hydrogen-bond acceptors (Lipinski definition) is 4. The number of morpholine rings is 1. The first-order valence-electron chi connectivity index (χ1n) is 8.56. The number of carboxylic acids is 1. The Balaban J connectivity index is 1.88. The summed E-state index contributed by atoms with van der Waals surface area (Å²) in [7, 11) is 1.56. The number of benzene rings is 1. The maximum absolute atomic E-state index is 13.9. The summed E-state index contributed by atoms with van der Waals surface area (Å²) in [5.74, 6) is -3.07. The van der Waals surface area contributed by atoms with Crippen molar-refractivity contribution in [1.29, 1.82) is 0 Å². The number of carbonyl (C=O) groups is 3. The zero-order chi connectivity index (χ0) is 19.9. The molecule has 0 spiro atoms. The summed E-state index contributed by atoms with van der Waals surface area (Å²) >= 11 is 5.73. The van der Waals surface area contributed by atoms with E-state index in [4.69, 9.17) is 16.3 Å². The molecule has 2 fully saturated rings. The SMILES string of the molecule is C[C@@H]1CN(C(=O)C2CC(=O)N(C)C2c2ccc(Cl)c(F)c2)CC(C(=O)O)O1. The van der Waals surface area contributed by atoms with Crippen molar-refractivity contribution in [3.8, 4) is 0 Å². The second kappa shape index (κ2) is 7.44. The number of nitrogens with zero attached hydrogens (tertiary/aromatic N) is 2. The largest absolute Gasteiger partial charge is 0.479 e. The van der Waals surface area contributed by atoms with E-state index in [0.717, 1.165) is 0 Å². The predicted molar refractivity (Wildman–Crippen MR) is 93.6 cm³/mol. The fourth-order valence-electron chi connectivity index (χ4n) is 3.75. The number of ether oxygens (including phenoxy) is 1. The first-order chi connectivity index (χ1) is 12.7. The van der Waals surface area contributed by atoms with Crippen molar-refractivity contribution in [1.82, 2.24) is 9.80 Å². The molecule has 1 aromatic rings. The third-order valence-electron chi connectivity index (χ3n) is 5.04. The van der Waals surface area contributed by atoms with E-state index in [9.17, 15) is 23.9 Å². The van der Waals surface area contributed by atoms with Gasteiger partial charge >= 0.3 is 5.97 Å². The molecule has 2 aliphatic rings. The molecule has 7 nitrogen and oxygen atoms in total. The summed E-state index contributed by atoms with van der Waals surface area (Å²) in [4.78, 5) is 39.5. The molecular formula is C18H20ClFN2O5. The van der Waals surface area contributed by atoms with Crippen LogP contribution in [0.3, 0.4) is 0 Å². The van der Waals surface area contributed by atoms with Gasteiger partial charge in [-0.1, -0.05) is 17.7 Å². The van der Waals surface area contributed by atoms with Gasteiger partial charge in [0.2, 0.25) is 11.8 Å². The Morgan fingerprint density at radius 2 is 2.04 bits per heavy atom. The number of likely N-dealkylation sites (tertiary alicyclic amines) is 1. The van der Waals surface area contributed by atoms with E-state index >= 15 is 0 Å². The minimum Gasteiger partial charge on any atom is -0.479 e. The molecular weight excluding hydrogens is 379 g/mol. The first kappa shape index (κ1) is 19.6. The second-order valence-electron chi connectivity index (χ2n) is 6.95. The van der Waals surface area contributed by atoms with Crippen molar-refractivity contribution >= 4 is 29.4 Å². The smallest absolute Gasteiger partial charge is 0.334 e. The van der Waals surface area contributed by atoms with Gasteiger partial charge in [-0.3, -0.25) is 9.59 Å². The molecule has 0 aliphatic carbocycles. The quantitative estimate of drug-likeness (QED) is 0.837. The molecule has 27 heavy (non-hydrogen) atoms. The van der Waals surface area contributed by atoms with Crippen molar-refractivity contribution < 1.29 is 28.6 Å². The Kier molecular flexibility index (Phi) is 5.39. The lowest BCUT2D eigenvalue weighted by Gasteiger charge is -2.37. The molecule has 1 N–H and O–H groups in total. The van der Waals surface area contributed by atoms with Crippen LogP contribution in [0.25, 0.3) is 0 Å². The van der Waals surface area contributed by atoms with Gasteiger partial charge in [-0.25, -0.2) is 9.18 Å². The lowest BCUT2D eigenvalue weighted by Crippen LogP contribution is -2.53. The van der Waals surface area contributed by atoms with Crippen LogP contribution in [-0.4, -0.2) is 65.0 Å². The van der Waals surface area contributed by atoms with Gasteiger partial charge in [0.15, 0.2) is 6.10 Å². The molecule has 3 rings (SSSR count). The molecule has 2 saturated heterocycles. The Morgan fingerprint density at radius 1 is 1.33 bits per heavy atom. The minimum absolute atomic E-state index is 0.0201. The molecule has 2 aliphatic heterocycles. The van der Waals surface area contributed by atoms with Gasteiger partial charge in [0, 0.05) is 20.0 Å². The van der Waals surface area contributed by atoms with Crippen LogP contribution in [0.2, 0.25) is 5.02 Å². The maximum Gasteiger partial charge on any atom is 0.334 e. The number of halogens is 2. The first-order valence-corrected chi connectivity index (χ1v) is 8.94. The molecule has 0 bridgehead atoms. The highest BCUT2D eigenvalue weighted by atomic mass is 35.5. The minimum atomic E-state index is -1.14. The molecule has 2 heterocycles. The van der Waals surface area contributed by atoms with E-state index in [-0.39, 0.29) is 36.3 Å². The van der Waals surface area contributed by atoms with Gasteiger partial charge in [-0.05, 0) is 24.6 Å². The molecule has 9 heteroatoms. The van der Waals surface area contributed by atoms with Gasteiger partial charge < -0.3 is 19.6 Å². The molecule has 2 amide bonds. The number of rotatable bonds is 3. The number of hydrogen-bond donors (Lipinski definition) is 1. The molecule has 1 aromatic carbocycles. The summed E-state index contributed by atoms with van der Waals surface area (Å²) in [6.45, 7) is 1.83. The van der Waals surface area contributed by atoms with Crippen LogP contribution >= 0.6 is 11.6 Å². The third-order valence-corrected chi connectivity index (χ3v) is 5.34. The van der Waals surface area contributed by atoms with Crippen LogP contribution in [0, 0.1) is 11.7 Å². The van der Waals surface area contributed by atoms with Gasteiger partial charge in [0.1, 0.15) is 5.82 Å². The Labute approximate surface area is 160 Å². The van der Waals surface area contributed by atoms with Crippen molar-refractivity contribution in [2.45, 2.75) is 31.6 Å². The Hall–Kier alpha value is -2.19. The number of aliphatic carboxylic acids is 1. The highest BCUT2D eigenvalue weighted by molar-refractivity contribution is 6.30. The van der Waals surface area contributed by atoms with Crippen LogP contribution in [0.5, 0.6) is 0 Å². The normalized spacial score (nSPS) is 28.5. The summed E-state index contributed by atoms with van der Waals surface area (Å²) in [5.41, 5.74) is 0.472. The Bertz CT molecular complexity index is 789. The highest BCUT2D eigenvalue weighted by Crippen LogP contribution is 2.39. The van der Waals surface area contributed by atoms with Gasteiger partial charge in [0.25, 0.3) is 0 Å². The fourth-order valence-corrected chi connectivity index (χ4v) is 3.86. The molecule has 0 saturated carbocycles. The van der Waals surface area contributed by atoms with E-state index < -0.39 is 36.0 Å². The number of amides is 2. The van der Waals surface area contributed by atoms with E-state index in [1.54, 1.807) is 20.0 Å². The molecule has 146 valence electrons. The topological polar surface area (TPSA) is 87.2 Å². The maximum atomic E-state index is 13.9. The number of carbonyl (C=O) groups excluding carboxylic acids is 2. The van der Waals surface area contributed by atoms with E-state index in [0.29, 0.717) is 5.56 Å². The van der Waals surface area contributed by atoms with E-state index in [1.165, 1.54) is 21.9 Å². The van der Waals surface area contributed by atoms with Gasteiger partial charge in [0.05, 0.1) is 29.6 Å². The summed E-state index contributed by atoms with van der Waals surface area (Å²) in [6.07, 6.45) is -1.57. The average Bonchev–Trinajstić information content (AvgIpc) is 2.91. The Morgan fingerprint density at radius 3 is 2.67 bits per heavy atom.